The number of para-hydroxylation sites is 1. The maximum absolute atomic E-state index is 13.2. The fourth-order valence-corrected chi connectivity index (χ4v) is 3.52. The molecule has 2 atom stereocenters. The van der Waals surface area contributed by atoms with Crippen molar-refractivity contribution in [3.63, 3.8) is 0 Å². The predicted octanol–water partition coefficient (Wildman–Crippen LogP) is -0.985. The van der Waals surface area contributed by atoms with Gasteiger partial charge in [0.05, 0.1) is 18.2 Å². The molecule has 0 spiro atoms. The van der Waals surface area contributed by atoms with Gasteiger partial charge in [0.25, 0.3) is 5.88 Å². The topological polar surface area (TPSA) is 200 Å². The summed E-state index contributed by atoms with van der Waals surface area (Å²) in [7, 11) is 0. The number of hydrogen-bond donors (Lipinski definition) is 4. The number of rotatable bonds is 12. The van der Waals surface area contributed by atoms with Crippen LogP contribution in [0.15, 0.2) is 35.1 Å². The van der Waals surface area contributed by atoms with E-state index in [2.05, 4.69) is 0 Å². The molecule has 1 heterocycles. The summed E-state index contributed by atoms with van der Waals surface area (Å²) in [6.45, 7) is 3.12. The van der Waals surface area contributed by atoms with Gasteiger partial charge in [0.1, 0.15) is 0 Å². The molecule has 0 aliphatic carbocycles. The number of carbonyl (C=O) groups is 4. The molecule has 1 amide bonds. The molecule has 0 unspecified atom stereocenters. The standard InChI is InChI=1S/C22H29N5O8/c1-3-25-16(10-7-11-23)20(32)27(22(25)34)35-21(33)18(13(2)28)26(14-8-5-4-6-9-14)19(31)15(24)12-17(29)30/h4-6,8-9,15,18,32H,3,7,10-12,23-24H2,1-2H3,(H,29,30)/t15-,18-/m0/s1. The zero-order valence-electron chi connectivity index (χ0n) is 19.4. The second-order valence-corrected chi connectivity index (χ2v) is 7.66. The van der Waals surface area contributed by atoms with Crippen LogP contribution in [0.1, 0.15) is 32.4 Å². The smallest absolute Gasteiger partial charge is 0.365 e. The van der Waals surface area contributed by atoms with Gasteiger partial charge in [-0.3, -0.25) is 23.9 Å². The Labute approximate surface area is 200 Å². The molecule has 0 fully saturated rings. The highest BCUT2D eigenvalue weighted by Gasteiger charge is 2.40. The van der Waals surface area contributed by atoms with Gasteiger partial charge in [0.15, 0.2) is 11.8 Å². The van der Waals surface area contributed by atoms with Crippen LogP contribution < -0.4 is 26.9 Å². The number of aromatic hydroxyl groups is 1. The second-order valence-electron chi connectivity index (χ2n) is 7.66. The van der Waals surface area contributed by atoms with Crippen molar-refractivity contribution >= 4 is 29.3 Å². The average molecular weight is 492 g/mol. The van der Waals surface area contributed by atoms with Gasteiger partial charge >= 0.3 is 17.6 Å². The molecule has 13 heteroatoms. The molecule has 0 radical (unpaired) electrons. The quantitative estimate of drug-likeness (QED) is 0.267. The number of anilines is 1. The molecule has 13 nitrogen and oxygen atoms in total. The number of nitrogens with two attached hydrogens (primary N) is 2. The third-order valence-electron chi connectivity index (χ3n) is 5.15. The van der Waals surface area contributed by atoms with Crippen molar-refractivity contribution < 1.29 is 34.2 Å². The van der Waals surface area contributed by atoms with Crippen LogP contribution in [0.2, 0.25) is 0 Å². The first-order valence-corrected chi connectivity index (χ1v) is 10.9. The molecule has 1 aromatic carbocycles. The first-order chi connectivity index (χ1) is 16.5. The van der Waals surface area contributed by atoms with Gasteiger partial charge in [-0.2, -0.15) is 0 Å². The first-order valence-electron chi connectivity index (χ1n) is 10.9. The van der Waals surface area contributed by atoms with E-state index in [1.165, 1.54) is 28.8 Å². The lowest BCUT2D eigenvalue weighted by Gasteiger charge is -2.30. The van der Waals surface area contributed by atoms with Crippen molar-refractivity contribution in [2.75, 3.05) is 11.4 Å². The van der Waals surface area contributed by atoms with Gasteiger partial charge in [-0.15, -0.1) is 0 Å². The zero-order valence-corrected chi connectivity index (χ0v) is 19.4. The number of amides is 1. The van der Waals surface area contributed by atoms with Gasteiger partial charge in [0.2, 0.25) is 5.91 Å². The Morgan fingerprint density at radius 3 is 2.31 bits per heavy atom. The number of carboxylic acids is 1. The highest BCUT2D eigenvalue weighted by molar-refractivity contribution is 6.13. The van der Waals surface area contributed by atoms with Crippen molar-refractivity contribution in [1.82, 2.24) is 9.30 Å². The molecule has 0 aliphatic heterocycles. The lowest BCUT2D eigenvalue weighted by Crippen LogP contribution is -2.57. The van der Waals surface area contributed by atoms with Crippen molar-refractivity contribution in [2.45, 2.75) is 51.7 Å². The highest BCUT2D eigenvalue weighted by Crippen LogP contribution is 2.21. The van der Waals surface area contributed by atoms with Gasteiger partial charge in [-0.1, -0.05) is 22.9 Å². The number of carbonyl (C=O) groups excluding carboxylic acids is 3. The molecule has 2 rings (SSSR count). The van der Waals surface area contributed by atoms with Crippen LogP contribution in [0, 0.1) is 0 Å². The number of aromatic nitrogens is 2. The third kappa shape index (κ3) is 6.13. The second kappa shape index (κ2) is 11.9. The fraction of sp³-hybridized carbons (Fsp3) is 0.409. The summed E-state index contributed by atoms with van der Waals surface area (Å²) in [6, 6.07) is 4.01. The van der Waals surface area contributed by atoms with Crippen molar-refractivity contribution in [2.24, 2.45) is 11.5 Å². The molecule has 0 bridgehead atoms. The summed E-state index contributed by atoms with van der Waals surface area (Å²) >= 11 is 0. The van der Waals surface area contributed by atoms with Crippen molar-refractivity contribution in [3.05, 3.63) is 46.5 Å². The fourth-order valence-electron chi connectivity index (χ4n) is 3.52. The number of benzene rings is 1. The summed E-state index contributed by atoms with van der Waals surface area (Å²) in [5, 5.41) is 19.6. The molecule has 190 valence electrons. The van der Waals surface area contributed by atoms with Crippen molar-refractivity contribution in [1.29, 1.82) is 0 Å². The monoisotopic (exact) mass is 491 g/mol. The van der Waals surface area contributed by atoms with E-state index in [0.29, 0.717) is 17.7 Å². The summed E-state index contributed by atoms with van der Waals surface area (Å²) in [6.07, 6.45) is -0.0878. The van der Waals surface area contributed by atoms with E-state index in [4.69, 9.17) is 21.4 Å². The van der Waals surface area contributed by atoms with Crippen LogP contribution in [0.25, 0.3) is 0 Å². The SMILES string of the molecule is CCn1c(CCCN)c(O)n(OC(=O)[C@H](C(C)=O)N(C(=O)[C@@H](N)CC(=O)O)c2ccccc2)c1=O. The lowest BCUT2D eigenvalue weighted by atomic mass is 10.1. The Kier molecular flexibility index (Phi) is 9.31. The van der Waals surface area contributed by atoms with E-state index in [1.807, 2.05) is 0 Å². The Morgan fingerprint density at radius 1 is 1.17 bits per heavy atom. The maximum atomic E-state index is 13.2. The third-order valence-corrected chi connectivity index (χ3v) is 5.15. The summed E-state index contributed by atoms with van der Waals surface area (Å²) in [5.41, 5.74) is 10.6. The molecule has 2 aromatic rings. The Balaban J connectivity index is 2.53. The van der Waals surface area contributed by atoms with Gasteiger partial charge in [-0.05, 0) is 45.4 Å². The molecule has 35 heavy (non-hydrogen) atoms. The molecule has 1 aromatic heterocycles. The van der Waals surface area contributed by atoms with E-state index in [-0.39, 0.29) is 24.3 Å². The Morgan fingerprint density at radius 2 is 1.80 bits per heavy atom. The lowest BCUT2D eigenvalue weighted by molar-refractivity contribution is -0.150. The molecule has 0 saturated carbocycles. The Hall–Kier alpha value is -3.97. The molecule has 0 aliphatic rings. The summed E-state index contributed by atoms with van der Waals surface area (Å²) in [5.74, 6) is -5.22. The number of nitrogens with zero attached hydrogens (tertiary/aromatic N) is 3. The van der Waals surface area contributed by atoms with E-state index in [1.54, 1.807) is 13.0 Å². The van der Waals surface area contributed by atoms with Crippen LogP contribution >= 0.6 is 0 Å². The molecular formula is C22H29N5O8. The van der Waals surface area contributed by atoms with E-state index in [0.717, 1.165) is 11.8 Å². The van der Waals surface area contributed by atoms with Gasteiger partial charge in [-0.25, -0.2) is 9.59 Å². The number of imidazole rings is 1. The summed E-state index contributed by atoms with van der Waals surface area (Å²) < 4.78 is 1.53. The minimum absolute atomic E-state index is 0.0711. The van der Waals surface area contributed by atoms with Gasteiger partial charge in [0, 0.05) is 12.2 Å². The minimum atomic E-state index is -1.92. The average Bonchev–Trinajstić information content (AvgIpc) is 3.03. The minimum Gasteiger partial charge on any atom is -0.491 e. The normalized spacial score (nSPS) is 12.6. The molecule has 0 saturated heterocycles. The van der Waals surface area contributed by atoms with Crippen LogP contribution in [0.3, 0.4) is 0 Å². The maximum Gasteiger partial charge on any atom is 0.365 e. The van der Waals surface area contributed by atoms with Gasteiger partial charge < -0.3 is 26.5 Å². The number of carboxylic acid groups (broad SMARTS) is 1. The number of hydrogen-bond acceptors (Lipinski definition) is 9. The number of aliphatic carboxylic acids is 1. The first kappa shape index (κ1) is 27.3. The van der Waals surface area contributed by atoms with Crippen LogP contribution in [-0.4, -0.2) is 61.8 Å². The summed E-state index contributed by atoms with van der Waals surface area (Å²) in [4.78, 5) is 68.5. The highest BCUT2D eigenvalue weighted by atomic mass is 16.7. The van der Waals surface area contributed by atoms with Crippen LogP contribution in [0.5, 0.6) is 5.88 Å². The molecular weight excluding hydrogens is 462 g/mol. The largest absolute Gasteiger partial charge is 0.491 e. The van der Waals surface area contributed by atoms with E-state index in [9.17, 15) is 29.1 Å². The van der Waals surface area contributed by atoms with Crippen LogP contribution in [0.4, 0.5) is 5.69 Å². The number of Topliss-reactive ketones (excluding diaryl/α,β-unsaturated/α-hetero) is 1. The van der Waals surface area contributed by atoms with E-state index < -0.39 is 53.7 Å². The zero-order chi connectivity index (χ0) is 26.3. The predicted molar refractivity (Wildman–Crippen MR) is 124 cm³/mol. The molecule has 6 N–H and O–H groups in total. The van der Waals surface area contributed by atoms with E-state index >= 15 is 0 Å². The Bertz CT molecular complexity index is 1140. The van der Waals surface area contributed by atoms with Crippen LogP contribution in [-0.2, 0) is 32.1 Å². The number of ketones is 1. The van der Waals surface area contributed by atoms with Crippen molar-refractivity contribution in [3.8, 4) is 5.88 Å².